The lowest BCUT2D eigenvalue weighted by atomic mass is 10.0. The summed E-state index contributed by atoms with van der Waals surface area (Å²) in [5.74, 6) is -1.42. The summed E-state index contributed by atoms with van der Waals surface area (Å²) in [5.41, 5.74) is 5.81. The smallest absolute Gasteiger partial charge is 0.322 e. The number of ether oxygens (including phenoxy) is 1. The summed E-state index contributed by atoms with van der Waals surface area (Å²) in [5, 5.41) is 0. The highest BCUT2D eigenvalue weighted by molar-refractivity contribution is 5.75. The lowest BCUT2D eigenvalue weighted by Gasteiger charge is -2.09. The van der Waals surface area contributed by atoms with Crippen molar-refractivity contribution in [1.29, 1.82) is 0 Å². The zero-order valence-corrected chi connectivity index (χ0v) is 9.58. The van der Waals surface area contributed by atoms with Crippen LogP contribution in [-0.2, 0) is 16.0 Å². The Labute approximate surface area is 98.6 Å². The van der Waals surface area contributed by atoms with Gasteiger partial charge >= 0.3 is 5.97 Å². The first-order valence-corrected chi connectivity index (χ1v) is 5.32. The van der Waals surface area contributed by atoms with E-state index in [4.69, 9.17) is 5.73 Å². The highest BCUT2D eigenvalue weighted by atomic mass is 19.1. The summed E-state index contributed by atoms with van der Waals surface area (Å²) < 4.78 is 30.5. The molecule has 3 nitrogen and oxygen atoms in total. The molecule has 2 N–H and O–H groups in total. The quantitative estimate of drug-likeness (QED) is 0.802. The van der Waals surface area contributed by atoms with E-state index >= 15 is 0 Å². The molecule has 0 saturated carbocycles. The topological polar surface area (TPSA) is 52.3 Å². The van der Waals surface area contributed by atoms with E-state index in [0.717, 1.165) is 18.2 Å². The summed E-state index contributed by atoms with van der Waals surface area (Å²) in [6.07, 6.45) is 1.22. The molecule has 0 aromatic heterocycles. The van der Waals surface area contributed by atoms with E-state index in [1.165, 1.54) is 7.11 Å². The van der Waals surface area contributed by atoms with Crippen LogP contribution in [0.4, 0.5) is 8.78 Å². The molecule has 0 heterocycles. The van der Waals surface area contributed by atoms with Crippen LogP contribution < -0.4 is 5.73 Å². The van der Waals surface area contributed by atoms with E-state index < -0.39 is 23.6 Å². The first-order valence-electron chi connectivity index (χ1n) is 5.32. The van der Waals surface area contributed by atoms with Gasteiger partial charge in [-0.3, -0.25) is 4.79 Å². The Bertz CT molecular complexity index is 396. The maximum Gasteiger partial charge on any atom is 0.322 e. The van der Waals surface area contributed by atoms with Crippen LogP contribution in [0.5, 0.6) is 0 Å². The zero-order chi connectivity index (χ0) is 12.8. The minimum absolute atomic E-state index is 0.294. The molecule has 1 aromatic carbocycles. The van der Waals surface area contributed by atoms with Crippen molar-refractivity contribution < 1.29 is 18.3 Å². The second kappa shape index (κ2) is 6.30. The number of methoxy groups -OCH3 is 1. The normalized spacial score (nSPS) is 12.2. The Morgan fingerprint density at radius 3 is 2.82 bits per heavy atom. The summed E-state index contributed by atoms with van der Waals surface area (Å²) in [6, 6.07) is 2.60. The molecule has 94 valence electrons. The molecule has 0 saturated heterocycles. The number of hydrogen-bond donors (Lipinski definition) is 1. The number of esters is 1. The van der Waals surface area contributed by atoms with Gasteiger partial charge in [-0.2, -0.15) is 0 Å². The van der Waals surface area contributed by atoms with Crippen LogP contribution >= 0.6 is 0 Å². The fourth-order valence-corrected chi connectivity index (χ4v) is 1.52. The molecule has 0 aliphatic heterocycles. The molecule has 1 unspecified atom stereocenters. The Balaban J connectivity index is 2.45. The summed E-state index contributed by atoms with van der Waals surface area (Å²) >= 11 is 0. The van der Waals surface area contributed by atoms with E-state index in [1.54, 1.807) is 0 Å². The van der Waals surface area contributed by atoms with Crippen LogP contribution in [0.2, 0.25) is 0 Å². The number of hydrogen-bond acceptors (Lipinski definition) is 3. The standard InChI is InChI=1S/C12H15F2NO2/c1-17-12(16)11(15)4-2-3-8-7-9(13)5-6-10(8)14/h5-7,11H,2-4,15H2,1H3. The first-order chi connectivity index (χ1) is 8.04. The Kier molecular flexibility index (Phi) is 5.03. The number of carbonyl (C=O) groups excluding carboxylic acids is 1. The third kappa shape index (κ3) is 4.11. The minimum Gasteiger partial charge on any atom is -0.468 e. The van der Waals surface area contributed by atoms with E-state index in [0.29, 0.717) is 24.8 Å². The second-order valence-electron chi connectivity index (χ2n) is 3.76. The molecule has 1 aromatic rings. The van der Waals surface area contributed by atoms with Gasteiger partial charge in [0.15, 0.2) is 0 Å². The third-order valence-corrected chi connectivity index (χ3v) is 2.47. The van der Waals surface area contributed by atoms with Gasteiger partial charge < -0.3 is 10.5 Å². The van der Waals surface area contributed by atoms with Crippen molar-refractivity contribution in [1.82, 2.24) is 0 Å². The average Bonchev–Trinajstić information content (AvgIpc) is 2.32. The van der Waals surface area contributed by atoms with Gasteiger partial charge in [0.1, 0.15) is 17.7 Å². The Morgan fingerprint density at radius 2 is 2.18 bits per heavy atom. The predicted molar refractivity (Wildman–Crippen MR) is 59.3 cm³/mol. The second-order valence-corrected chi connectivity index (χ2v) is 3.76. The number of halogens is 2. The first kappa shape index (κ1) is 13.6. The highest BCUT2D eigenvalue weighted by Gasteiger charge is 2.13. The fraction of sp³-hybridized carbons (Fsp3) is 0.417. The van der Waals surface area contributed by atoms with Gasteiger partial charge in [-0.15, -0.1) is 0 Å². The van der Waals surface area contributed by atoms with Crippen LogP contribution in [0.25, 0.3) is 0 Å². The van der Waals surface area contributed by atoms with Crippen molar-refractivity contribution >= 4 is 5.97 Å². The van der Waals surface area contributed by atoms with Crippen LogP contribution in [0.3, 0.4) is 0 Å². The van der Waals surface area contributed by atoms with Gasteiger partial charge in [0.2, 0.25) is 0 Å². The molecular weight excluding hydrogens is 228 g/mol. The summed E-state index contributed by atoms with van der Waals surface area (Å²) in [4.78, 5) is 11.0. The van der Waals surface area contributed by atoms with Crippen molar-refractivity contribution in [3.63, 3.8) is 0 Å². The van der Waals surface area contributed by atoms with Gasteiger partial charge in [-0.25, -0.2) is 8.78 Å². The molecule has 0 bridgehead atoms. The van der Waals surface area contributed by atoms with Crippen LogP contribution in [-0.4, -0.2) is 19.1 Å². The van der Waals surface area contributed by atoms with Crippen LogP contribution in [0, 0.1) is 11.6 Å². The predicted octanol–water partition coefficient (Wildman–Crippen LogP) is 1.79. The van der Waals surface area contributed by atoms with E-state index in [9.17, 15) is 13.6 Å². The van der Waals surface area contributed by atoms with Crippen molar-refractivity contribution in [2.24, 2.45) is 5.73 Å². The molecule has 0 fully saturated rings. The maximum atomic E-state index is 13.2. The Hall–Kier alpha value is -1.49. The van der Waals surface area contributed by atoms with Gasteiger partial charge in [-0.05, 0) is 43.0 Å². The fourth-order valence-electron chi connectivity index (χ4n) is 1.52. The lowest BCUT2D eigenvalue weighted by Crippen LogP contribution is -2.31. The molecule has 0 aliphatic rings. The molecule has 0 radical (unpaired) electrons. The molecule has 0 spiro atoms. The molecule has 0 aliphatic carbocycles. The van der Waals surface area contributed by atoms with Crippen molar-refractivity contribution in [2.45, 2.75) is 25.3 Å². The number of carbonyl (C=O) groups is 1. The monoisotopic (exact) mass is 243 g/mol. The number of benzene rings is 1. The van der Waals surface area contributed by atoms with Gasteiger partial charge in [0.05, 0.1) is 7.11 Å². The van der Waals surface area contributed by atoms with Crippen molar-refractivity contribution in [3.05, 3.63) is 35.4 Å². The van der Waals surface area contributed by atoms with Crippen LogP contribution in [0.15, 0.2) is 18.2 Å². The molecule has 5 heteroatoms. The van der Waals surface area contributed by atoms with E-state index in [1.807, 2.05) is 0 Å². The molecule has 0 amide bonds. The van der Waals surface area contributed by atoms with Crippen LogP contribution in [0.1, 0.15) is 18.4 Å². The number of rotatable bonds is 5. The van der Waals surface area contributed by atoms with E-state index in [2.05, 4.69) is 4.74 Å². The maximum absolute atomic E-state index is 13.2. The highest BCUT2D eigenvalue weighted by Crippen LogP contribution is 2.13. The molecule has 1 rings (SSSR count). The summed E-state index contributed by atoms with van der Waals surface area (Å²) in [7, 11) is 1.26. The van der Waals surface area contributed by atoms with Gasteiger partial charge in [0.25, 0.3) is 0 Å². The van der Waals surface area contributed by atoms with Gasteiger partial charge in [-0.1, -0.05) is 0 Å². The van der Waals surface area contributed by atoms with E-state index in [-0.39, 0.29) is 0 Å². The zero-order valence-electron chi connectivity index (χ0n) is 9.58. The largest absolute Gasteiger partial charge is 0.468 e. The number of aryl methyl sites for hydroxylation is 1. The summed E-state index contributed by atoms with van der Waals surface area (Å²) in [6.45, 7) is 0. The van der Waals surface area contributed by atoms with Gasteiger partial charge in [0, 0.05) is 0 Å². The average molecular weight is 243 g/mol. The van der Waals surface area contributed by atoms with Crippen molar-refractivity contribution in [2.75, 3.05) is 7.11 Å². The minimum atomic E-state index is -0.711. The molecule has 17 heavy (non-hydrogen) atoms. The SMILES string of the molecule is COC(=O)C(N)CCCc1cc(F)ccc1F. The lowest BCUT2D eigenvalue weighted by molar-refractivity contribution is -0.142. The Morgan fingerprint density at radius 1 is 1.47 bits per heavy atom. The molecule has 1 atom stereocenters. The third-order valence-electron chi connectivity index (χ3n) is 2.47. The van der Waals surface area contributed by atoms with Crippen molar-refractivity contribution in [3.8, 4) is 0 Å². The number of nitrogens with two attached hydrogens (primary N) is 1. The molecular formula is C12H15F2NO2.